The molecule has 0 aromatic rings. The van der Waals surface area contributed by atoms with Gasteiger partial charge in [-0.1, -0.05) is 90.4 Å². The highest BCUT2D eigenvalue weighted by Gasteiger charge is 2.27. The summed E-state index contributed by atoms with van der Waals surface area (Å²) in [5.74, 6) is -8.79. The van der Waals surface area contributed by atoms with Crippen molar-refractivity contribution in [1.82, 2.24) is 31.9 Å². The summed E-state index contributed by atoms with van der Waals surface area (Å²) in [6, 6.07) is -5.06. The second-order valence-corrected chi connectivity index (χ2v) is 21.4. The average molecular weight is 1230 g/mol. The molecule has 86 heavy (non-hydrogen) atoms. The fourth-order valence-corrected chi connectivity index (χ4v) is 8.82. The summed E-state index contributed by atoms with van der Waals surface area (Å²) in [5.41, 5.74) is 0. The fourth-order valence-electron chi connectivity index (χ4n) is 8.82. The largest absolute Gasteiger partial charge is 0.481 e. The molecule has 0 saturated heterocycles. The number of carboxylic acid groups (broad SMARTS) is 4. The molecule has 27 nitrogen and oxygen atoms in total. The maximum atomic E-state index is 12.6. The highest BCUT2D eigenvalue weighted by atomic mass is 16.5. The summed E-state index contributed by atoms with van der Waals surface area (Å²) >= 11 is 0. The molecule has 0 aromatic heterocycles. The number of aliphatic hydroxyl groups is 1. The number of rotatable bonds is 59. The molecule has 0 aliphatic carbocycles. The van der Waals surface area contributed by atoms with E-state index < -0.39 is 90.3 Å². The first-order chi connectivity index (χ1) is 41.1. The second-order valence-electron chi connectivity index (χ2n) is 21.4. The lowest BCUT2D eigenvalue weighted by atomic mass is 9.97. The van der Waals surface area contributed by atoms with Crippen LogP contribution in [0, 0.1) is 5.92 Å². The normalized spacial score (nSPS) is 13.2. The quantitative estimate of drug-likeness (QED) is 0.0387. The molecule has 0 saturated carbocycles. The molecule has 6 atom stereocenters. The van der Waals surface area contributed by atoms with Crippen molar-refractivity contribution in [2.75, 3.05) is 65.9 Å². The molecule has 0 unspecified atom stereocenters. The lowest BCUT2D eigenvalue weighted by Crippen LogP contribution is -2.48. The van der Waals surface area contributed by atoms with Gasteiger partial charge in [-0.2, -0.15) is 0 Å². The van der Waals surface area contributed by atoms with E-state index in [9.17, 15) is 78.0 Å². The van der Waals surface area contributed by atoms with Crippen LogP contribution in [0.1, 0.15) is 201 Å². The number of carbonyl (C=O) groups is 12. The molecule has 0 aliphatic heterocycles. The van der Waals surface area contributed by atoms with Crippen molar-refractivity contribution < 1.29 is 102 Å². The van der Waals surface area contributed by atoms with E-state index in [1.54, 1.807) is 0 Å². The zero-order chi connectivity index (χ0) is 64.3. The van der Waals surface area contributed by atoms with E-state index in [1.807, 2.05) is 6.92 Å². The number of hydrogen-bond acceptors (Lipinski definition) is 17. The molecular formula is C59H102N6O21. The van der Waals surface area contributed by atoms with Crippen LogP contribution in [0.4, 0.5) is 0 Å². The zero-order valence-corrected chi connectivity index (χ0v) is 51.1. The van der Waals surface area contributed by atoms with Crippen molar-refractivity contribution in [2.24, 2.45) is 5.92 Å². The Morgan fingerprint density at radius 3 is 1.28 bits per heavy atom. The Balaban J connectivity index is 4.06. The Labute approximate surface area is 506 Å². The monoisotopic (exact) mass is 1230 g/mol. The van der Waals surface area contributed by atoms with E-state index in [0.29, 0.717) is 45.1 Å². The van der Waals surface area contributed by atoms with E-state index in [2.05, 4.69) is 31.9 Å². The van der Waals surface area contributed by atoms with Gasteiger partial charge in [-0.25, -0.2) is 14.4 Å². The van der Waals surface area contributed by atoms with Crippen molar-refractivity contribution in [2.45, 2.75) is 231 Å². The number of hydrogen-bond donors (Lipinski definition) is 11. The van der Waals surface area contributed by atoms with Gasteiger partial charge in [0.25, 0.3) is 0 Å². The van der Waals surface area contributed by atoms with Crippen molar-refractivity contribution in [3.63, 3.8) is 0 Å². The first-order valence-electron chi connectivity index (χ1n) is 30.7. The number of carbonyl (C=O) groups excluding carboxylic acids is 8. The van der Waals surface area contributed by atoms with E-state index in [4.69, 9.17) is 24.1 Å². The molecular weight excluding hydrogens is 1130 g/mol. The number of carboxylic acids is 4. The molecule has 0 aliphatic rings. The van der Waals surface area contributed by atoms with E-state index in [-0.39, 0.29) is 134 Å². The summed E-state index contributed by atoms with van der Waals surface area (Å²) in [6.07, 6.45) is 15.0. The van der Waals surface area contributed by atoms with Gasteiger partial charge >= 0.3 is 23.9 Å². The Bertz CT molecular complexity index is 2010. The van der Waals surface area contributed by atoms with Crippen LogP contribution < -0.4 is 31.9 Å². The van der Waals surface area contributed by atoms with E-state index in [0.717, 1.165) is 57.8 Å². The predicted molar refractivity (Wildman–Crippen MR) is 313 cm³/mol. The summed E-state index contributed by atoms with van der Waals surface area (Å²) in [5, 5.41) is 62.1. The van der Waals surface area contributed by atoms with Crippen LogP contribution in [0.3, 0.4) is 0 Å². The molecule has 0 radical (unpaired) electrons. The average Bonchev–Trinajstić information content (AvgIpc) is 3.67. The molecule has 27 heteroatoms. The van der Waals surface area contributed by atoms with Gasteiger partial charge in [0.05, 0.1) is 39.1 Å². The van der Waals surface area contributed by atoms with Gasteiger partial charge in [0.2, 0.25) is 35.4 Å². The maximum absolute atomic E-state index is 12.6. The number of amides is 6. The van der Waals surface area contributed by atoms with Gasteiger partial charge in [0.15, 0.2) is 11.6 Å². The summed E-state index contributed by atoms with van der Waals surface area (Å²) in [4.78, 5) is 144. The lowest BCUT2D eigenvalue weighted by Gasteiger charge is -2.22. The first-order valence-corrected chi connectivity index (χ1v) is 30.7. The standard InChI is InChI=1S/C59H102N6O21/c1-4-44(56(76)65-55(42(2)66)43(3)67)22-19-20-32-60-49(69)29-27-48(59(81)82)64-53(73)41-86-39-36-83-34-21-23-45(68)40-85-38-37-84-35-33-61-50(70)30-26-46(57(77)78)63-52(72)31-28-47(58(79)80)62-51(71)24-17-15-13-11-9-7-5-6-8-10-12-14-16-18-25-54(74)75/h42,44,46-48,55,66H,4-41H2,1-3H3,(H,60,69)(H,61,70)(H,62,71)(H,63,72)(H,64,73)(H,65,76)(H,74,75)(H,77,78)(H,79,80)(H,81,82)/t42-,44+,46+,47+,48+,55+/m1/s1. The Morgan fingerprint density at radius 2 is 0.814 bits per heavy atom. The predicted octanol–water partition coefficient (Wildman–Crippen LogP) is 3.66. The lowest BCUT2D eigenvalue weighted by molar-refractivity contribution is -0.143. The summed E-state index contributed by atoms with van der Waals surface area (Å²) in [6.45, 7) is 4.98. The summed E-state index contributed by atoms with van der Waals surface area (Å²) in [7, 11) is 0. The minimum atomic E-state index is -1.42. The maximum Gasteiger partial charge on any atom is 0.326 e. The molecule has 0 heterocycles. The van der Waals surface area contributed by atoms with E-state index in [1.165, 1.54) is 39.5 Å². The van der Waals surface area contributed by atoms with Crippen molar-refractivity contribution in [1.29, 1.82) is 0 Å². The number of ketones is 2. The minimum absolute atomic E-state index is 0.0158. The van der Waals surface area contributed by atoms with Crippen LogP contribution in [-0.4, -0.2) is 193 Å². The van der Waals surface area contributed by atoms with Crippen LogP contribution in [0.15, 0.2) is 0 Å². The molecule has 494 valence electrons. The number of aliphatic carboxylic acids is 4. The Kier molecular flexibility index (Phi) is 48.3. The zero-order valence-electron chi connectivity index (χ0n) is 51.1. The van der Waals surface area contributed by atoms with Crippen molar-refractivity contribution in [3.05, 3.63) is 0 Å². The van der Waals surface area contributed by atoms with Crippen LogP contribution in [0.25, 0.3) is 0 Å². The number of Topliss-reactive ketones (excluding diaryl/α,β-unsaturated/α-hetero) is 2. The van der Waals surface area contributed by atoms with Gasteiger partial charge in [-0.3, -0.25) is 43.2 Å². The number of ether oxygens (including phenoxy) is 4. The molecule has 11 N–H and O–H groups in total. The van der Waals surface area contributed by atoms with Crippen molar-refractivity contribution in [3.8, 4) is 0 Å². The number of unbranched alkanes of at least 4 members (excludes halogenated alkanes) is 14. The third kappa shape index (κ3) is 46.1. The first kappa shape index (κ1) is 79.8. The fraction of sp³-hybridized carbons (Fsp3) is 0.797. The third-order valence-electron chi connectivity index (χ3n) is 13.9. The number of aliphatic hydroxyl groups excluding tert-OH is 1. The molecule has 0 bridgehead atoms. The number of nitrogens with one attached hydrogen (secondary N) is 6. The summed E-state index contributed by atoms with van der Waals surface area (Å²) < 4.78 is 21.4. The Hall–Kier alpha value is -6.16. The van der Waals surface area contributed by atoms with Gasteiger partial charge in [-0.15, -0.1) is 0 Å². The molecule has 6 amide bonds. The molecule has 0 rings (SSSR count). The smallest absolute Gasteiger partial charge is 0.326 e. The van der Waals surface area contributed by atoms with E-state index >= 15 is 0 Å². The highest BCUT2D eigenvalue weighted by molar-refractivity contribution is 5.89. The van der Waals surface area contributed by atoms with Gasteiger partial charge in [-0.05, 0) is 71.6 Å². The highest BCUT2D eigenvalue weighted by Crippen LogP contribution is 2.16. The van der Waals surface area contributed by atoms with Crippen LogP contribution in [0.5, 0.6) is 0 Å². The molecule has 0 fully saturated rings. The van der Waals surface area contributed by atoms with Gasteiger partial charge < -0.3 is 76.4 Å². The van der Waals surface area contributed by atoms with Crippen LogP contribution in [0.2, 0.25) is 0 Å². The second kappa shape index (κ2) is 52.0. The Morgan fingerprint density at radius 1 is 0.395 bits per heavy atom. The molecule has 0 aromatic carbocycles. The third-order valence-corrected chi connectivity index (χ3v) is 13.9. The minimum Gasteiger partial charge on any atom is -0.481 e. The topological polar surface area (TPSA) is 415 Å². The van der Waals surface area contributed by atoms with Gasteiger partial charge in [0, 0.05) is 64.1 Å². The van der Waals surface area contributed by atoms with Gasteiger partial charge in [0.1, 0.15) is 37.4 Å². The molecule has 0 spiro atoms. The van der Waals surface area contributed by atoms with Crippen LogP contribution in [-0.2, 0) is 76.5 Å². The van der Waals surface area contributed by atoms with Crippen LogP contribution >= 0.6 is 0 Å². The SMILES string of the molecule is CC[C@@H](CCCCNC(=O)CC[C@H](NC(=O)COCCOCCCC(=O)COCCOCCNC(=O)CC[C@H](NC(=O)CC[C@H](NC(=O)CCCCCCCCCCCCCCCCC(=O)O)C(=O)O)C(=O)O)C(=O)O)C(=O)N[C@H](C(C)=O)[C@@H](C)O. The van der Waals surface area contributed by atoms with Crippen molar-refractivity contribution >= 4 is 70.9 Å².